The number of nitrogens with zero attached hydrogens (tertiary/aromatic N) is 3. The minimum absolute atomic E-state index is 0.0279. The van der Waals surface area contributed by atoms with Crippen molar-refractivity contribution in [3.63, 3.8) is 0 Å². The highest BCUT2D eigenvalue weighted by Gasteiger charge is 2.37. The number of nitrogens with two attached hydrogens (primary N) is 1. The molecule has 0 bridgehead atoms. The van der Waals surface area contributed by atoms with Gasteiger partial charge in [-0.3, -0.25) is 23.9 Å². The van der Waals surface area contributed by atoms with Gasteiger partial charge in [0.05, 0.1) is 12.5 Å². The Kier molecular flexibility index (Phi) is 6.36. The second-order valence-electron chi connectivity index (χ2n) is 8.39. The average molecular weight is 462 g/mol. The van der Waals surface area contributed by atoms with E-state index in [2.05, 4.69) is 11.9 Å². The summed E-state index contributed by atoms with van der Waals surface area (Å²) in [6.45, 7) is 2.40. The van der Waals surface area contributed by atoms with Crippen molar-refractivity contribution in [1.29, 1.82) is 0 Å². The molecule has 34 heavy (non-hydrogen) atoms. The third kappa shape index (κ3) is 4.36. The standard InChI is InChI=1S/C25H27N5O4/c1-3-16-9-11-19(12-10-16)29-15-18(13-20(29)31)24(33)28(2)21-22(26)30(25(34)27-23(21)32)14-17-7-5-4-6-8-17/h4-12,18H,3,13-15,26H2,1-2H3,(H,27,32,34). The molecule has 0 spiro atoms. The van der Waals surface area contributed by atoms with Crippen molar-refractivity contribution >= 4 is 29.0 Å². The van der Waals surface area contributed by atoms with Crippen molar-refractivity contribution in [3.05, 3.63) is 86.6 Å². The zero-order chi connectivity index (χ0) is 24.4. The van der Waals surface area contributed by atoms with Crippen LogP contribution in [0.5, 0.6) is 0 Å². The lowest BCUT2D eigenvalue weighted by Crippen LogP contribution is -2.42. The van der Waals surface area contributed by atoms with Gasteiger partial charge >= 0.3 is 5.69 Å². The molecular formula is C25H27N5O4. The topological polar surface area (TPSA) is 122 Å². The van der Waals surface area contributed by atoms with Crippen molar-refractivity contribution in [2.45, 2.75) is 26.3 Å². The Labute approximate surface area is 196 Å². The molecular weight excluding hydrogens is 434 g/mol. The quantitative estimate of drug-likeness (QED) is 0.579. The maximum absolute atomic E-state index is 13.3. The Hall–Kier alpha value is -4.14. The average Bonchev–Trinajstić information content (AvgIpc) is 3.23. The van der Waals surface area contributed by atoms with Gasteiger partial charge in [0.1, 0.15) is 5.82 Å². The largest absolute Gasteiger partial charge is 0.383 e. The van der Waals surface area contributed by atoms with Crippen LogP contribution in [-0.2, 0) is 22.6 Å². The van der Waals surface area contributed by atoms with Crippen molar-refractivity contribution in [2.24, 2.45) is 5.92 Å². The summed E-state index contributed by atoms with van der Waals surface area (Å²) in [7, 11) is 1.43. The Morgan fingerprint density at radius 3 is 2.38 bits per heavy atom. The van der Waals surface area contributed by atoms with E-state index in [1.54, 1.807) is 4.90 Å². The van der Waals surface area contributed by atoms with Gasteiger partial charge in [0.25, 0.3) is 5.56 Å². The molecule has 1 atom stereocenters. The maximum Gasteiger partial charge on any atom is 0.330 e. The van der Waals surface area contributed by atoms with Gasteiger partial charge in [-0.15, -0.1) is 0 Å². The summed E-state index contributed by atoms with van der Waals surface area (Å²) < 4.78 is 1.22. The number of hydrogen-bond acceptors (Lipinski definition) is 5. The number of aromatic amines is 1. The number of carbonyl (C=O) groups excluding carboxylic acids is 2. The van der Waals surface area contributed by atoms with Gasteiger partial charge in [-0.1, -0.05) is 49.4 Å². The molecule has 3 N–H and O–H groups in total. The second kappa shape index (κ2) is 9.38. The molecule has 3 aromatic rings. The zero-order valence-corrected chi connectivity index (χ0v) is 19.2. The molecule has 1 saturated heterocycles. The molecule has 4 rings (SSSR count). The van der Waals surface area contributed by atoms with E-state index in [-0.39, 0.29) is 36.9 Å². The minimum Gasteiger partial charge on any atom is -0.383 e. The number of anilines is 3. The van der Waals surface area contributed by atoms with Gasteiger partial charge < -0.3 is 15.5 Å². The van der Waals surface area contributed by atoms with E-state index < -0.39 is 23.1 Å². The molecule has 0 saturated carbocycles. The van der Waals surface area contributed by atoms with Crippen LogP contribution in [0.2, 0.25) is 0 Å². The Balaban J connectivity index is 1.59. The lowest BCUT2D eigenvalue weighted by molar-refractivity contribution is -0.124. The fourth-order valence-corrected chi connectivity index (χ4v) is 4.24. The van der Waals surface area contributed by atoms with Crippen molar-refractivity contribution in [3.8, 4) is 0 Å². The number of hydrogen-bond donors (Lipinski definition) is 2. The number of aryl methyl sites for hydroxylation is 1. The number of aromatic nitrogens is 2. The molecule has 1 unspecified atom stereocenters. The second-order valence-corrected chi connectivity index (χ2v) is 8.39. The van der Waals surface area contributed by atoms with Crippen LogP contribution >= 0.6 is 0 Å². The molecule has 1 aromatic heterocycles. The maximum atomic E-state index is 13.3. The molecule has 2 amide bonds. The minimum atomic E-state index is -0.751. The molecule has 2 heterocycles. The molecule has 2 aromatic carbocycles. The summed E-state index contributed by atoms with van der Waals surface area (Å²) >= 11 is 0. The predicted octanol–water partition coefficient (Wildman–Crippen LogP) is 1.75. The molecule has 176 valence electrons. The number of rotatable bonds is 6. The highest BCUT2D eigenvalue weighted by Crippen LogP contribution is 2.28. The van der Waals surface area contributed by atoms with Crippen LogP contribution in [0.4, 0.5) is 17.2 Å². The van der Waals surface area contributed by atoms with Gasteiger partial charge in [0.2, 0.25) is 11.8 Å². The lowest BCUT2D eigenvalue weighted by Gasteiger charge is -2.23. The van der Waals surface area contributed by atoms with Gasteiger partial charge in [-0.2, -0.15) is 0 Å². The smallest absolute Gasteiger partial charge is 0.330 e. The predicted molar refractivity (Wildman–Crippen MR) is 131 cm³/mol. The molecule has 0 aliphatic carbocycles. The van der Waals surface area contributed by atoms with E-state index in [4.69, 9.17) is 5.73 Å². The van der Waals surface area contributed by atoms with Crippen molar-refractivity contribution in [2.75, 3.05) is 29.1 Å². The Morgan fingerprint density at radius 2 is 1.74 bits per heavy atom. The molecule has 9 heteroatoms. The highest BCUT2D eigenvalue weighted by molar-refractivity contribution is 6.04. The third-order valence-corrected chi connectivity index (χ3v) is 6.19. The lowest BCUT2D eigenvalue weighted by atomic mass is 10.1. The fourth-order valence-electron chi connectivity index (χ4n) is 4.24. The van der Waals surface area contributed by atoms with E-state index in [9.17, 15) is 19.2 Å². The summed E-state index contributed by atoms with van der Waals surface area (Å²) in [6.07, 6.45) is 0.919. The summed E-state index contributed by atoms with van der Waals surface area (Å²) in [5.74, 6) is -1.32. The number of nitrogens with one attached hydrogen (secondary N) is 1. The van der Waals surface area contributed by atoms with E-state index in [0.29, 0.717) is 0 Å². The van der Waals surface area contributed by atoms with Gasteiger partial charge in [-0.05, 0) is 29.7 Å². The van der Waals surface area contributed by atoms with E-state index in [1.807, 2.05) is 54.6 Å². The summed E-state index contributed by atoms with van der Waals surface area (Å²) in [4.78, 5) is 56.0. The first kappa shape index (κ1) is 23.0. The zero-order valence-electron chi connectivity index (χ0n) is 19.2. The normalized spacial score (nSPS) is 15.5. The van der Waals surface area contributed by atoms with E-state index in [1.165, 1.54) is 11.6 Å². The molecule has 1 aliphatic rings. The summed E-state index contributed by atoms with van der Waals surface area (Å²) in [5.41, 5.74) is 7.39. The highest BCUT2D eigenvalue weighted by atomic mass is 16.2. The number of nitrogen functional groups attached to an aromatic ring is 1. The van der Waals surface area contributed by atoms with Crippen molar-refractivity contribution in [1.82, 2.24) is 9.55 Å². The van der Waals surface area contributed by atoms with Crippen LogP contribution in [-0.4, -0.2) is 35.0 Å². The van der Waals surface area contributed by atoms with E-state index >= 15 is 0 Å². The van der Waals surface area contributed by atoms with Crippen molar-refractivity contribution < 1.29 is 9.59 Å². The summed E-state index contributed by atoms with van der Waals surface area (Å²) in [6, 6.07) is 16.8. The Morgan fingerprint density at radius 1 is 1.06 bits per heavy atom. The first-order valence-electron chi connectivity index (χ1n) is 11.1. The molecule has 1 aliphatic heterocycles. The molecule has 1 fully saturated rings. The SMILES string of the molecule is CCc1ccc(N2CC(C(=O)N(C)c3c(N)n(Cc4ccccc4)c(=O)[nH]c3=O)CC2=O)cc1. The van der Waals surface area contributed by atoms with Crippen LogP contribution in [0.25, 0.3) is 0 Å². The first-order chi connectivity index (χ1) is 16.3. The number of H-pyrrole nitrogens is 1. The van der Waals surface area contributed by atoms with Crippen LogP contribution < -0.4 is 26.8 Å². The number of carbonyl (C=O) groups is 2. The monoisotopic (exact) mass is 461 g/mol. The first-order valence-corrected chi connectivity index (χ1v) is 11.1. The van der Waals surface area contributed by atoms with Gasteiger partial charge in [-0.25, -0.2) is 4.79 Å². The summed E-state index contributed by atoms with van der Waals surface area (Å²) in [5, 5.41) is 0. The number of amides is 2. The number of benzene rings is 2. The van der Waals surface area contributed by atoms with Crippen LogP contribution in [0.1, 0.15) is 24.5 Å². The van der Waals surface area contributed by atoms with Gasteiger partial charge in [0, 0.05) is 25.7 Å². The van der Waals surface area contributed by atoms with Crippen LogP contribution in [0, 0.1) is 5.92 Å². The van der Waals surface area contributed by atoms with Crippen LogP contribution in [0.15, 0.2) is 64.2 Å². The van der Waals surface area contributed by atoms with E-state index in [0.717, 1.165) is 28.1 Å². The fraction of sp³-hybridized carbons (Fsp3) is 0.280. The molecule has 0 radical (unpaired) electrons. The molecule has 9 nitrogen and oxygen atoms in total. The van der Waals surface area contributed by atoms with Gasteiger partial charge in [0.15, 0.2) is 5.69 Å². The third-order valence-electron chi connectivity index (χ3n) is 6.19. The Bertz CT molecular complexity index is 1330. The van der Waals surface area contributed by atoms with Crippen LogP contribution in [0.3, 0.4) is 0 Å².